The van der Waals surface area contributed by atoms with E-state index in [0.717, 1.165) is 19.4 Å². The third kappa shape index (κ3) is 6.07. The van der Waals surface area contributed by atoms with Gasteiger partial charge in [0.15, 0.2) is 0 Å². The third-order valence-electron chi connectivity index (χ3n) is 1.59. The van der Waals surface area contributed by atoms with Crippen molar-refractivity contribution < 1.29 is 4.74 Å². The first-order chi connectivity index (χ1) is 5.20. The maximum atomic E-state index is 5.75. The molecule has 1 unspecified atom stereocenters. The van der Waals surface area contributed by atoms with E-state index in [2.05, 4.69) is 13.5 Å². The van der Waals surface area contributed by atoms with E-state index in [1.54, 1.807) is 0 Å². The molecule has 1 atom stereocenters. The van der Waals surface area contributed by atoms with Gasteiger partial charge in [-0.05, 0) is 19.8 Å². The molecular formula is C9H19NO. The molecule has 66 valence electrons. The van der Waals surface area contributed by atoms with Gasteiger partial charge < -0.3 is 10.5 Å². The first-order valence-corrected chi connectivity index (χ1v) is 4.20. The van der Waals surface area contributed by atoms with Crippen LogP contribution >= 0.6 is 0 Å². The predicted molar refractivity (Wildman–Crippen MR) is 48.5 cm³/mol. The molecule has 11 heavy (non-hydrogen) atoms. The lowest BCUT2D eigenvalue weighted by molar-refractivity contribution is 0.133. The predicted octanol–water partition coefficient (Wildman–Crippen LogP) is 1.71. The van der Waals surface area contributed by atoms with E-state index in [-0.39, 0.29) is 6.04 Å². The summed E-state index contributed by atoms with van der Waals surface area (Å²) in [5, 5.41) is 0. The lowest BCUT2D eigenvalue weighted by Crippen LogP contribution is -2.26. The highest BCUT2D eigenvalue weighted by molar-refractivity contribution is 4.95. The first-order valence-electron chi connectivity index (χ1n) is 4.20. The molecule has 0 radical (unpaired) electrons. The fraction of sp³-hybridized carbons (Fsp3) is 0.778. The number of hydrogen-bond donors (Lipinski definition) is 1. The van der Waals surface area contributed by atoms with Gasteiger partial charge in [0.25, 0.3) is 0 Å². The maximum absolute atomic E-state index is 5.75. The Hall–Kier alpha value is -0.340. The van der Waals surface area contributed by atoms with E-state index >= 15 is 0 Å². The van der Waals surface area contributed by atoms with Crippen molar-refractivity contribution in [2.75, 3.05) is 13.2 Å². The SMILES string of the molecule is C=C(CC)CC(N)COCC. The summed E-state index contributed by atoms with van der Waals surface area (Å²) in [4.78, 5) is 0. The molecule has 2 nitrogen and oxygen atoms in total. The largest absolute Gasteiger partial charge is 0.380 e. The van der Waals surface area contributed by atoms with E-state index < -0.39 is 0 Å². The van der Waals surface area contributed by atoms with Crippen LogP contribution in [0.15, 0.2) is 12.2 Å². The Morgan fingerprint density at radius 1 is 1.55 bits per heavy atom. The second kappa shape index (κ2) is 6.38. The van der Waals surface area contributed by atoms with Gasteiger partial charge in [-0.2, -0.15) is 0 Å². The van der Waals surface area contributed by atoms with Crippen LogP contribution in [-0.2, 0) is 4.74 Å². The molecule has 0 aromatic carbocycles. The van der Waals surface area contributed by atoms with Crippen molar-refractivity contribution in [3.63, 3.8) is 0 Å². The van der Waals surface area contributed by atoms with Crippen LogP contribution in [0.5, 0.6) is 0 Å². The average molecular weight is 157 g/mol. The smallest absolute Gasteiger partial charge is 0.0620 e. The summed E-state index contributed by atoms with van der Waals surface area (Å²) >= 11 is 0. The normalized spacial score (nSPS) is 13.0. The van der Waals surface area contributed by atoms with Crippen LogP contribution in [0.3, 0.4) is 0 Å². The van der Waals surface area contributed by atoms with E-state index in [9.17, 15) is 0 Å². The van der Waals surface area contributed by atoms with Crippen molar-refractivity contribution in [3.8, 4) is 0 Å². The van der Waals surface area contributed by atoms with Crippen LogP contribution < -0.4 is 5.73 Å². The molecule has 0 heterocycles. The molecule has 0 spiro atoms. The third-order valence-corrected chi connectivity index (χ3v) is 1.59. The molecular weight excluding hydrogens is 138 g/mol. The Bertz CT molecular complexity index is 112. The molecule has 0 aromatic rings. The molecule has 0 saturated heterocycles. The number of rotatable bonds is 6. The van der Waals surface area contributed by atoms with Crippen molar-refractivity contribution in [2.45, 2.75) is 32.7 Å². The highest BCUT2D eigenvalue weighted by Gasteiger charge is 2.02. The maximum Gasteiger partial charge on any atom is 0.0620 e. The van der Waals surface area contributed by atoms with E-state index in [1.807, 2.05) is 6.92 Å². The van der Waals surface area contributed by atoms with Crippen LogP contribution in [0.1, 0.15) is 26.7 Å². The molecule has 0 aliphatic carbocycles. The van der Waals surface area contributed by atoms with Crippen molar-refractivity contribution in [1.29, 1.82) is 0 Å². The summed E-state index contributed by atoms with van der Waals surface area (Å²) in [6.45, 7) is 9.34. The van der Waals surface area contributed by atoms with Gasteiger partial charge in [-0.15, -0.1) is 0 Å². The Balaban J connectivity index is 3.35. The molecule has 0 amide bonds. The second-order valence-corrected chi connectivity index (χ2v) is 2.73. The van der Waals surface area contributed by atoms with Crippen LogP contribution in [0.4, 0.5) is 0 Å². The summed E-state index contributed by atoms with van der Waals surface area (Å²) in [5.74, 6) is 0. The van der Waals surface area contributed by atoms with E-state index in [0.29, 0.717) is 6.61 Å². The van der Waals surface area contributed by atoms with E-state index in [1.165, 1.54) is 5.57 Å². The molecule has 0 aromatic heterocycles. The van der Waals surface area contributed by atoms with Crippen molar-refractivity contribution >= 4 is 0 Å². The number of nitrogens with two attached hydrogens (primary N) is 1. The Morgan fingerprint density at radius 2 is 2.18 bits per heavy atom. The quantitative estimate of drug-likeness (QED) is 0.596. The minimum atomic E-state index is 0.127. The standard InChI is InChI=1S/C9H19NO/c1-4-8(3)6-9(10)7-11-5-2/h9H,3-7,10H2,1-2H3. The molecule has 2 N–H and O–H groups in total. The zero-order chi connectivity index (χ0) is 8.69. The summed E-state index contributed by atoms with van der Waals surface area (Å²) in [7, 11) is 0. The highest BCUT2D eigenvalue weighted by atomic mass is 16.5. The summed E-state index contributed by atoms with van der Waals surface area (Å²) in [6.07, 6.45) is 1.90. The van der Waals surface area contributed by atoms with Crippen LogP contribution in [0, 0.1) is 0 Å². The Kier molecular flexibility index (Phi) is 6.18. The zero-order valence-electron chi connectivity index (χ0n) is 7.60. The highest BCUT2D eigenvalue weighted by Crippen LogP contribution is 2.05. The van der Waals surface area contributed by atoms with Crippen molar-refractivity contribution in [3.05, 3.63) is 12.2 Å². The Morgan fingerprint density at radius 3 is 2.64 bits per heavy atom. The number of ether oxygens (including phenoxy) is 1. The van der Waals surface area contributed by atoms with Gasteiger partial charge in [0.1, 0.15) is 0 Å². The molecule has 0 saturated carbocycles. The molecule has 0 rings (SSSR count). The topological polar surface area (TPSA) is 35.2 Å². The lowest BCUT2D eigenvalue weighted by atomic mass is 10.1. The number of hydrogen-bond acceptors (Lipinski definition) is 2. The van der Waals surface area contributed by atoms with Crippen molar-refractivity contribution in [2.24, 2.45) is 5.73 Å². The fourth-order valence-corrected chi connectivity index (χ4v) is 0.843. The monoisotopic (exact) mass is 157 g/mol. The van der Waals surface area contributed by atoms with Crippen LogP contribution in [0.2, 0.25) is 0 Å². The molecule has 0 aliphatic heterocycles. The molecule has 0 fully saturated rings. The van der Waals surface area contributed by atoms with Gasteiger partial charge in [0.05, 0.1) is 6.61 Å². The summed E-state index contributed by atoms with van der Waals surface area (Å²) < 4.78 is 5.17. The van der Waals surface area contributed by atoms with Crippen molar-refractivity contribution in [1.82, 2.24) is 0 Å². The molecule has 0 aliphatic rings. The van der Waals surface area contributed by atoms with Gasteiger partial charge in [0.2, 0.25) is 0 Å². The summed E-state index contributed by atoms with van der Waals surface area (Å²) in [5.41, 5.74) is 6.96. The zero-order valence-corrected chi connectivity index (χ0v) is 7.60. The van der Waals surface area contributed by atoms with Gasteiger partial charge >= 0.3 is 0 Å². The average Bonchev–Trinajstić information content (AvgIpc) is 2.00. The van der Waals surface area contributed by atoms with Crippen LogP contribution in [-0.4, -0.2) is 19.3 Å². The van der Waals surface area contributed by atoms with Gasteiger partial charge in [-0.1, -0.05) is 19.1 Å². The lowest BCUT2D eigenvalue weighted by Gasteiger charge is -2.11. The molecule has 2 heteroatoms. The minimum absolute atomic E-state index is 0.127. The van der Waals surface area contributed by atoms with Gasteiger partial charge in [-0.3, -0.25) is 0 Å². The van der Waals surface area contributed by atoms with Gasteiger partial charge in [0, 0.05) is 12.6 Å². The second-order valence-electron chi connectivity index (χ2n) is 2.73. The fourth-order valence-electron chi connectivity index (χ4n) is 0.843. The summed E-state index contributed by atoms with van der Waals surface area (Å²) in [6, 6.07) is 0.127. The van der Waals surface area contributed by atoms with E-state index in [4.69, 9.17) is 10.5 Å². The molecule has 0 bridgehead atoms. The Labute approximate surface area is 69.4 Å². The van der Waals surface area contributed by atoms with Crippen LogP contribution in [0.25, 0.3) is 0 Å². The minimum Gasteiger partial charge on any atom is -0.380 e. The first kappa shape index (κ1) is 10.7. The van der Waals surface area contributed by atoms with Gasteiger partial charge in [-0.25, -0.2) is 0 Å².